The summed E-state index contributed by atoms with van der Waals surface area (Å²) in [5.41, 5.74) is 0.928. The molecule has 6 nitrogen and oxygen atoms in total. The third-order valence-corrected chi connectivity index (χ3v) is 2.25. The molecule has 0 radical (unpaired) electrons. The van der Waals surface area contributed by atoms with Crippen LogP contribution in [0.2, 0.25) is 0 Å². The van der Waals surface area contributed by atoms with Crippen molar-refractivity contribution in [1.82, 2.24) is 25.1 Å². The smallest absolute Gasteiger partial charge is 0.342 e. The first-order chi connectivity index (χ1) is 8.63. The Morgan fingerprint density at radius 1 is 1.39 bits per heavy atom. The first kappa shape index (κ1) is 12.5. The molecule has 0 aliphatic carbocycles. The molecular weight excluding hydrogens is 230 g/mol. The van der Waals surface area contributed by atoms with E-state index in [-0.39, 0.29) is 0 Å². The fourth-order valence-electron chi connectivity index (χ4n) is 1.38. The second-order valence-electron chi connectivity index (χ2n) is 4.31. The number of rotatable bonds is 5. The summed E-state index contributed by atoms with van der Waals surface area (Å²) in [6, 6.07) is 6.37. The maximum atomic E-state index is 5.46. The van der Waals surface area contributed by atoms with Gasteiger partial charge in [-0.1, -0.05) is 19.9 Å². The van der Waals surface area contributed by atoms with Gasteiger partial charge >= 0.3 is 6.01 Å². The van der Waals surface area contributed by atoms with E-state index in [1.54, 1.807) is 24.1 Å². The lowest BCUT2D eigenvalue weighted by Crippen LogP contribution is -2.22. The van der Waals surface area contributed by atoms with Crippen LogP contribution >= 0.6 is 0 Å². The topological polar surface area (TPSA) is 64.9 Å². The highest BCUT2D eigenvalue weighted by molar-refractivity contribution is 5.18. The van der Waals surface area contributed by atoms with E-state index in [4.69, 9.17) is 4.74 Å². The Balaban J connectivity index is 2.02. The average Bonchev–Trinajstić information content (AvgIpc) is 2.73. The summed E-state index contributed by atoms with van der Waals surface area (Å²) >= 11 is 0. The van der Waals surface area contributed by atoms with Crippen LogP contribution in [0.3, 0.4) is 0 Å². The van der Waals surface area contributed by atoms with Crippen molar-refractivity contribution in [3.8, 4) is 11.9 Å². The van der Waals surface area contributed by atoms with E-state index in [9.17, 15) is 0 Å². The van der Waals surface area contributed by atoms with Crippen molar-refractivity contribution in [2.45, 2.75) is 26.4 Å². The molecular formula is C12H17N5O. The molecule has 0 aliphatic heterocycles. The van der Waals surface area contributed by atoms with Gasteiger partial charge in [0, 0.05) is 25.7 Å². The molecule has 0 saturated heterocycles. The zero-order chi connectivity index (χ0) is 13.0. The fraction of sp³-hybridized carbons (Fsp3) is 0.417. The minimum absolute atomic E-state index is 0.305. The lowest BCUT2D eigenvalue weighted by molar-refractivity contribution is 0.419. The summed E-state index contributed by atoms with van der Waals surface area (Å²) in [4.78, 5) is 8.36. The Labute approximate surface area is 106 Å². The third-order valence-electron chi connectivity index (χ3n) is 2.25. The van der Waals surface area contributed by atoms with E-state index in [2.05, 4.69) is 34.2 Å². The Bertz CT molecular complexity index is 509. The summed E-state index contributed by atoms with van der Waals surface area (Å²) in [6.07, 6.45) is 1.58. The van der Waals surface area contributed by atoms with Gasteiger partial charge in [-0.2, -0.15) is 4.98 Å². The minimum atomic E-state index is 0.305. The van der Waals surface area contributed by atoms with Crippen LogP contribution in [0.15, 0.2) is 24.5 Å². The highest BCUT2D eigenvalue weighted by atomic mass is 16.5. The zero-order valence-corrected chi connectivity index (χ0v) is 10.8. The van der Waals surface area contributed by atoms with Gasteiger partial charge in [-0.25, -0.2) is 4.98 Å². The first-order valence-electron chi connectivity index (χ1n) is 5.86. The summed E-state index contributed by atoms with van der Waals surface area (Å²) in [5.74, 6) is 0.504. The van der Waals surface area contributed by atoms with E-state index >= 15 is 0 Å². The van der Waals surface area contributed by atoms with Gasteiger partial charge in [0.2, 0.25) is 5.88 Å². The maximum Gasteiger partial charge on any atom is 0.342 e. The van der Waals surface area contributed by atoms with Gasteiger partial charge in [0.1, 0.15) is 6.33 Å². The number of nitrogens with one attached hydrogen (secondary N) is 1. The molecule has 2 aromatic heterocycles. The van der Waals surface area contributed by atoms with Gasteiger partial charge in [0.15, 0.2) is 0 Å². The van der Waals surface area contributed by atoms with Crippen LogP contribution in [0.25, 0.3) is 0 Å². The van der Waals surface area contributed by atoms with Crippen LogP contribution in [0.1, 0.15) is 19.5 Å². The minimum Gasteiger partial charge on any atom is -0.404 e. The van der Waals surface area contributed by atoms with Crippen LogP contribution in [0.5, 0.6) is 11.9 Å². The number of hydrogen-bond acceptors (Lipinski definition) is 5. The fourth-order valence-corrected chi connectivity index (χ4v) is 1.38. The number of ether oxygens (including phenoxy) is 1. The molecule has 2 rings (SSSR count). The van der Waals surface area contributed by atoms with E-state index in [1.165, 1.54) is 0 Å². The summed E-state index contributed by atoms with van der Waals surface area (Å²) in [6.45, 7) is 4.90. The van der Waals surface area contributed by atoms with Crippen LogP contribution < -0.4 is 10.1 Å². The van der Waals surface area contributed by atoms with Crippen LogP contribution in [0.4, 0.5) is 0 Å². The van der Waals surface area contributed by atoms with Crippen molar-refractivity contribution in [2.75, 3.05) is 0 Å². The van der Waals surface area contributed by atoms with Crippen molar-refractivity contribution >= 4 is 0 Å². The molecule has 6 heteroatoms. The standard InChI is InChI=1S/C12H17N5O/c1-9(2)13-7-10-5-4-6-11(15-10)18-12-14-8-17(3)16-12/h4-6,8-9,13H,7H2,1-3H3. The molecule has 2 heterocycles. The van der Waals surface area contributed by atoms with Crippen molar-refractivity contribution in [3.05, 3.63) is 30.2 Å². The molecule has 18 heavy (non-hydrogen) atoms. The quantitative estimate of drug-likeness (QED) is 0.867. The Morgan fingerprint density at radius 3 is 2.89 bits per heavy atom. The lowest BCUT2D eigenvalue weighted by Gasteiger charge is -2.08. The van der Waals surface area contributed by atoms with Crippen LogP contribution in [-0.2, 0) is 13.6 Å². The monoisotopic (exact) mass is 247 g/mol. The van der Waals surface area contributed by atoms with Gasteiger partial charge in [-0.3, -0.25) is 4.68 Å². The predicted octanol–water partition coefficient (Wildman–Crippen LogP) is 1.50. The molecule has 96 valence electrons. The van der Waals surface area contributed by atoms with Crippen LogP contribution in [0, 0.1) is 0 Å². The molecule has 0 bridgehead atoms. The molecule has 0 amide bonds. The molecule has 0 fully saturated rings. The van der Waals surface area contributed by atoms with E-state index in [1.807, 2.05) is 12.1 Å². The van der Waals surface area contributed by atoms with E-state index in [0.29, 0.717) is 24.5 Å². The highest BCUT2D eigenvalue weighted by Crippen LogP contribution is 2.14. The number of pyridine rings is 1. The zero-order valence-electron chi connectivity index (χ0n) is 10.8. The largest absolute Gasteiger partial charge is 0.404 e. The predicted molar refractivity (Wildman–Crippen MR) is 67.3 cm³/mol. The van der Waals surface area contributed by atoms with Crippen molar-refractivity contribution < 1.29 is 4.74 Å². The molecule has 0 spiro atoms. The second kappa shape index (κ2) is 5.59. The maximum absolute atomic E-state index is 5.46. The number of hydrogen-bond donors (Lipinski definition) is 1. The molecule has 0 atom stereocenters. The van der Waals surface area contributed by atoms with E-state index < -0.39 is 0 Å². The van der Waals surface area contributed by atoms with E-state index in [0.717, 1.165) is 5.69 Å². The molecule has 1 N–H and O–H groups in total. The van der Waals surface area contributed by atoms with Gasteiger partial charge in [0.25, 0.3) is 0 Å². The third kappa shape index (κ3) is 3.53. The lowest BCUT2D eigenvalue weighted by atomic mass is 10.3. The van der Waals surface area contributed by atoms with Gasteiger partial charge < -0.3 is 10.1 Å². The van der Waals surface area contributed by atoms with Gasteiger partial charge in [0.05, 0.1) is 5.69 Å². The first-order valence-corrected chi connectivity index (χ1v) is 5.86. The Kier molecular flexibility index (Phi) is 3.88. The average molecular weight is 247 g/mol. The normalized spacial score (nSPS) is 10.9. The Morgan fingerprint density at radius 2 is 2.22 bits per heavy atom. The highest BCUT2D eigenvalue weighted by Gasteiger charge is 2.04. The van der Waals surface area contributed by atoms with Crippen molar-refractivity contribution in [2.24, 2.45) is 7.05 Å². The molecule has 0 unspecified atom stereocenters. The van der Waals surface area contributed by atoms with Crippen molar-refractivity contribution in [1.29, 1.82) is 0 Å². The molecule has 0 saturated carbocycles. The summed E-state index contributed by atoms with van der Waals surface area (Å²) in [5, 5.41) is 7.34. The van der Waals surface area contributed by atoms with Gasteiger partial charge in [-0.15, -0.1) is 5.10 Å². The Hall–Kier alpha value is -1.95. The second-order valence-corrected chi connectivity index (χ2v) is 4.31. The SMILES string of the molecule is CC(C)NCc1cccc(Oc2ncn(C)n2)n1. The van der Waals surface area contributed by atoms with Crippen LogP contribution in [-0.4, -0.2) is 25.8 Å². The number of nitrogens with zero attached hydrogens (tertiary/aromatic N) is 4. The number of aryl methyl sites for hydroxylation is 1. The summed E-state index contributed by atoms with van der Waals surface area (Å²) in [7, 11) is 1.79. The van der Waals surface area contributed by atoms with Gasteiger partial charge in [-0.05, 0) is 6.07 Å². The van der Waals surface area contributed by atoms with Crippen molar-refractivity contribution in [3.63, 3.8) is 0 Å². The number of aromatic nitrogens is 4. The summed E-state index contributed by atoms with van der Waals surface area (Å²) < 4.78 is 7.05. The molecule has 0 aliphatic rings. The molecule has 0 aromatic carbocycles. The molecule has 2 aromatic rings.